The van der Waals surface area contributed by atoms with Gasteiger partial charge in [0.1, 0.15) is 35.2 Å². The molecule has 2 unspecified atom stereocenters. The lowest BCUT2D eigenvalue weighted by atomic mass is 10.1. The molecule has 326 valence electrons. The summed E-state index contributed by atoms with van der Waals surface area (Å²) < 4.78 is 21.7. The van der Waals surface area contributed by atoms with Gasteiger partial charge in [-0.2, -0.15) is 0 Å². The molecule has 0 radical (unpaired) electrons. The van der Waals surface area contributed by atoms with Gasteiger partial charge in [0.2, 0.25) is 0 Å². The lowest BCUT2D eigenvalue weighted by molar-refractivity contribution is 0.184. The van der Waals surface area contributed by atoms with Gasteiger partial charge < -0.3 is 38.3 Å². The number of aromatic nitrogens is 6. The van der Waals surface area contributed by atoms with Crippen molar-refractivity contribution in [2.24, 2.45) is 35.5 Å². The van der Waals surface area contributed by atoms with Crippen LogP contribution in [0.15, 0.2) is 94.5 Å². The highest BCUT2D eigenvalue weighted by molar-refractivity contribution is 6.74. The topological polar surface area (TPSA) is 141 Å². The van der Waals surface area contributed by atoms with Gasteiger partial charge in [-0.1, -0.05) is 54.8 Å². The molecule has 0 amide bonds. The van der Waals surface area contributed by atoms with E-state index in [2.05, 4.69) is 124 Å². The summed E-state index contributed by atoms with van der Waals surface area (Å²) in [5, 5.41) is 25.2. The molecule has 2 aliphatic carbocycles. The lowest BCUT2D eigenvalue weighted by Crippen LogP contribution is -2.41. The van der Waals surface area contributed by atoms with Gasteiger partial charge in [0.15, 0.2) is 19.8 Å². The second-order valence-electron chi connectivity index (χ2n) is 19.1. The number of nitrogens with one attached hydrogen (secondary N) is 2. The van der Waals surface area contributed by atoms with Crippen molar-refractivity contribution in [3.05, 3.63) is 120 Å². The Morgan fingerprint density at radius 2 is 1.14 bits per heavy atom. The quantitative estimate of drug-likeness (QED) is 0.0919. The molecule has 0 spiro atoms. The highest BCUT2D eigenvalue weighted by Crippen LogP contribution is 2.49. The van der Waals surface area contributed by atoms with Crippen molar-refractivity contribution in [2.75, 3.05) is 26.2 Å². The number of nitrogens with zero attached hydrogens (tertiary/aromatic N) is 6. The molecule has 63 heavy (non-hydrogen) atoms. The van der Waals surface area contributed by atoms with E-state index in [1.165, 1.54) is 0 Å². The van der Waals surface area contributed by atoms with Gasteiger partial charge in [0.25, 0.3) is 0 Å². The van der Waals surface area contributed by atoms with E-state index in [4.69, 9.17) is 13.5 Å². The monoisotopic (exact) mass is 862 g/mol. The van der Waals surface area contributed by atoms with Crippen LogP contribution in [0, 0.1) is 59.2 Å². The number of piperidine rings is 2. The second-order valence-corrected chi connectivity index (χ2v) is 23.9. The zero-order chi connectivity index (χ0) is 43.9. The molecule has 4 aromatic heterocycles. The fourth-order valence-electron chi connectivity index (χ4n) is 8.73. The van der Waals surface area contributed by atoms with Crippen molar-refractivity contribution in [3.8, 4) is 46.3 Å². The van der Waals surface area contributed by atoms with Gasteiger partial charge in [-0.05, 0) is 130 Å². The number of rotatable bonds is 10. The molecule has 3 N–H and O–H groups in total. The van der Waals surface area contributed by atoms with Crippen LogP contribution in [-0.2, 0) is 17.5 Å². The fraction of sp³-hybridized carbons (Fsp3) is 0.440. The first-order valence-corrected chi connectivity index (χ1v) is 25.2. The number of hydrogen-bond acceptors (Lipinski definition) is 10. The first-order chi connectivity index (χ1) is 30.3. The smallest absolute Gasteiger partial charge is 0.193 e. The average Bonchev–Trinajstić information content (AvgIpc) is 3.92. The minimum atomic E-state index is -1.90. The standard InChI is InChI=1S/C28H36N4O2Si.C22H22N4O2/c1-19(34-35(5,6)28(2,3)4)27-30-13-14-32(27)18-22-15-26(33-31-22)21-10-7-20(8-11-21)9-12-23-24-16-29-17-25(23)24;1-14(27)22-24-8-9-26(22)13-17-10-21(28-25-17)16-5-2-15(3-6-16)4-7-18-19-11-23-12-20(18)19/h7-8,10-11,13-15,19,23-25,29H,16-18H2,1-6H3;2-3,5-6,8-10,14,18-20,23,27H,11-13H2,1H3/t19-,23?,24-,25+;14-,18?,19-,20+/m00/s1. The maximum atomic E-state index is 9.77. The molecule has 2 saturated carbocycles. The van der Waals surface area contributed by atoms with E-state index in [-0.39, 0.29) is 11.1 Å². The summed E-state index contributed by atoms with van der Waals surface area (Å²) in [4.78, 5) is 8.77. The molecule has 8 atom stereocenters. The largest absolute Gasteiger partial charge is 0.407 e. The van der Waals surface area contributed by atoms with Crippen molar-refractivity contribution in [2.45, 2.75) is 78.0 Å². The molecular weight excluding hydrogens is 805 g/mol. The average molecular weight is 863 g/mol. The Morgan fingerprint density at radius 1 is 0.714 bits per heavy atom. The molecule has 2 aliphatic heterocycles. The SMILES string of the molecule is C[C@H](O)c1nccn1Cc1cc(-c2ccc(C#CC3[C@H]4CNC[C@@H]34)cc2)on1.C[C@H](O[Si](C)(C)C(C)(C)C)c1nccn1Cc1cc(-c2ccc(C#CC3[C@H]4CNC[C@@H]34)cc2)on1. The Morgan fingerprint density at radius 3 is 1.57 bits per heavy atom. The zero-order valence-corrected chi connectivity index (χ0v) is 38.3. The van der Waals surface area contributed by atoms with Crippen LogP contribution < -0.4 is 10.6 Å². The van der Waals surface area contributed by atoms with Crippen LogP contribution in [0.3, 0.4) is 0 Å². The number of fused-ring (bicyclic) bond motifs is 2. The first-order valence-electron chi connectivity index (χ1n) is 22.3. The van der Waals surface area contributed by atoms with Crippen molar-refractivity contribution in [1.29, 1.82) is 0 Å². The minimum absolute atomic E-state index is 0.0858. The van der Waals surface area contributed by atoms with Crippen LogP contribution in [0.1, 0.15) is 81.0 Å². The van der Waals surface area contributed by atoms with E-state index < -0.39 is 14.4 Å². The predicted molar refractivity (Wildman–Crippen MR) is 244 cm³/mol. The fourth-order valence-corrected chi connectivity index (χ4v) is 10.1. The third-order valence-corrected chi connectivity index (χ3v) is 18.1. The predicted octanol–water partition coefficient (Wildman–Crippen LogP) is 7.94. The zero-order valence-electron chi connectivity index (χ0n) is 37.3. The van der Waals surface area contributed by atoms with Crippen LogP contribution in [0.4, 0.5) is 0 Å². The summed E-state index contributed by atoms with van der Waals surface area (Å²) in [5.74, 6) is 20.8. The van der Waals surface area contributed by atoms with Gasteiger partial charge in [-0.3, -0.25) is 0 Å². The van der Waals surface area contributed by atoms with Gasteiger partial charge >= 0.3 is 0 Å². The van der Waals surface area contributed by atoms with Crippen molar-refractivity contribution < 1.29 is 18.6 Å². The van der Waals surface area contributed by atoms with Crippen molar-refractivity contribution >= 4 is 8.32 Å². The first kappa shape index (κ1) is 42.7. The highest BCUT2D eigenvalue weighted by atomic mass is 28.4. The van der Waals surface area contributed by atoms with Crippen LogP contribution in [0.25, 0.3) is 22.6 Å². The van der Waals surface area contributed by atoms with Gasteiger partial charge in [-0.25, -0.2) is 9.97 Å². The molecule has 0 bridgehead atoms. The van der Waals surface area contributed by atoms with E-state index in [1.807, 2.05) is 59.6 Å². The number of imidazole rings is 2. The van der Waals surface area contributed by atoms with Crippen molar-refractivity contribution in [3.63, 3.8) is 0 Å². The summed E-state index contributed by atoms with van der Waals surface area (Å²) in [6.07, 6.45) is 6.60. The number of benzene rings is 2. The molecule has 2 aromatic carbocycles. The molecule has 4 fully saturated rings. The molecule has 2 saturated heterocycles. The molecule has 12 nitrogen and oxygen atoms in total. The highest BCUT2D eigenvalue weighted by Gasteiger charge is 2.52. The maximum Gasteiger partial charge on any atom is 0.193 e. The molecule has 4 aliphatic rings. The van der Waals surface area contributed by atoms with E-state index in [0.29, 0.717) is 30.7 Å². The Hall–Kier alpha value is -5.54. The van der Waals surface area contributed by atoms with E-state index in [0.717, 1.165) is 101 Å². The number of aliphatic hydroxyl groups is 1. The van der Waals surface area contributed by atoms with Crippen LogP contribution in [0.5, 0.6) is 0 Å². The Bertz CT molecular complexity index is 2630. The summed E-state index contributed by atoms with van der Waals surface area (Å²) >= 11 is 0. The lowest BCUT2D eigenvalue weighted by Gasteiger charge is -2.38. The minimum Gasteiger partial charge on any atom is -0.407 e. The Balaban J connectivity index is 0.000000164. The van der Waals surface area contributed by atoms with Crippen molar-refractivity contribution in [1.82, 2.24) is 40.0 Å². The van der Waals surface area contributed by atoms with Gasteiger partial charge in [0, 0.05) is 71.0 Å². The van der Waals surface area contributed by atoms with E-state index in [9.17, 15) is 5.11 Å². The van der Waals surface area contributed by atoms with E-state index in [1.54, 1.807) is 13.1 Å². The third-order valence-electron chi connectivity index (χ3n) is 13.6. The summed E-state index contributed by atoms with van der Waals surface area (Å²) in [5.41, 5.74) is 5.69. The van der Waals surface area contributed by atoms with Gasteiger partial charge in [-0.15, -0.1) is 0 Å². The van der Waals surface area contributed by atoms with Crippen LogP contribution in [-0.4, -0.2) is 69.0 Å². The van der Waals surface area contributed by atoms with Crippen LogP contribution in [0.2, 0.25) is 18.1 Å². The van der Waals surface area contributed by atoms with Gasteiger partial charge in [0.05, 0.1) is 13.1 Å². The number of aliphatic hydroxyl groups excluding tert-OH is 1. The second kappa shape index (κ2) is 17.6. The summed E-state index contributed by atoms with van der Waals surface area (Å²) in [7, 11) is -1.90. The molecule has 10 rings (SSSR count). The van der Waals surface area contributed by atoms with E-state index >= 15 is 0 Å². The normalized spacial score (nSPS) is 23.0. The molecule has 6 aromatic rings. The molecule has 13 heteroatoms. The number of hydrogen-bond donors (Lipinski definition) is 3. The van der Waals surface area contributed by atoms with Crippen LogP contribution >= 0.6 is 0 Å². The summed E-state index contributed by atoms with van der Waals surface area (Å²) in [6, 6.07) is 20.3. The maximum absolute atomic E-state index is 9.77. The molecular formula is C50H58N8O4Si. The molecule has 6 heterocycles. The summed E-state index contributed by atoms with van der Waals surface area (Å²) in [6.45, 7) is 20.7. The Labute approximate surface area is 371 Å². The Kier molecular flexibility index (Phi) is 11.9. The third kappa shape index (κ3) is 9.54.